The van der Waals surface area contributed by atoms with E-state index in [2.05, 4.69) is 6.58 Å². The van der Waals surface area contributed by atoms with E-state index in [1.807, 2.05) is 0 Å². The van der Waals surface area contributed by atoms with E-state index in [-0.39, 0.29) is 4.90 Å². The predicted octanol–water partition coefficient (Wildman–Crippen LogP) is 4.90. The minimum atomic E-state index is -7.95. The first-order chi connectivity index (χ1) is 12.2. The Morgan fingerprint density at radius 2 is 1.21 bits per heavy atom. The lowest BCUT2D eigenvalue weighted by atomic mass is 9.89. The summed E-state index contributed by atoms with van der Waals surface area (Å²) < 4.78 is 170. The van der Waals surface area contributed by atoms with Crippen molar-refractivity contribution < 1.29 is 61.9 Å². The third-order valence-corrected chi connectivity index (χ3v) is 4.09. The van der Waals surface area contributed by atoms with Crippen molar-refractivity contribution in [3.05, 3.63) is 12.7 Å². The summed E-state index contributed by atoms with van der Waals surface area (Å²) >= 11 is 0. The molecule has 0 aliphatic carbocycles. The summed E-state index contributed by atoms with van der Waals surface area (Å²) in [6.45, 7) is 2.09. The molecule has 28 heavy (non-hydrogen) atoms. The van der Waals surface area contributed by atoms with Gasteiger partial charge in [-0.15, -0.1) is 0 Å². The van der Waals surface area contributed by atoms with E-state index in [0.717, 1.165) is 0 Å². The molecule has 1 atom stereocenters. The lowest BCUT2D eigenvalue weighted by molar-refractivity contribution is -0.442. The van der Waals surface area contributed by atoms with Crippen LogP contribution in [0.15, 0.2) is 12.7 Å². The summed E-state index contributed by atoms with van der Waals surface area (Å²) in [6, 6.07) is -3.17. The van der Waals surface area contributed by atoms with Gasteiger partial charge < -0.3 is 4.90 Å². The maximum atomic E-state index is 14.0. The number of carbonyl (C=O) groups excluding carboxylic acids is 1. The molecule has 0 saturated carbocycles. The van der Waals surface area contributed by atoms with Crippen molar-refractivity contribution in [1.82, 2.24) is 4.90 Å². The smallest absolute Gasteiger partial charge is 0.330 e. The topological polar surface area (TPSA) is 20.3 Å². The Bertz CT molecular complexity index is 624. The highest BCUT2D eigenvalue weighted by Crippen LogP contribution is 2.61. The van der Waals surface area contributed by atoms with Crippen LogP contribution in [0.25, 0.3) is 0 Å². The molecule has 0 N–H and O–H groups in total. The number of likely N-dealkylation sites (tertiary alicyclic amines) is 1. The first-order valence-corrected chi connectivity index (χ1v) is 7.10. The van der Waals surface area contributed by atoms with Gasteiger partial charge in [-0.1, -0.05) is 6.58 Å². The van der Waals surface area contributed by atoms with Crippen LogP contribution >= 0.6 is 0 Å². The highest BCUT2D eigenvalue weighted by molar-refractivity contribution is 5.87. The molecule has 1 heterocycles. The Hall–Kier alpha value is -1.70. The molecule has 1 amide bonds. The van der Waals surface area contributed by atoms with Crippen molar-refractivity contribution in [1.29, 1.82) is 0 Å². The maximum absolute atomic E-state index is 14.0. The second-order valence-electron chi connectivity index (χ2n) is 5.81. The molecular formula is C13H10F13NO. The zero-order chi connectivity index (χ0) is 22.6. The number of nitrogens with zero attached hydrogens (tertiary/aromatic N) is 1. The van der Waals surface area contributed by atoms with E-state index >= 15 is 0 Å². The highest BCUT2D eigenvalue weighted by Gasteiger charge is 2.91. The number of halogens is 13. The van der Waals surface area contributed by atoms with E-state index in [0.29, 0.717) is 6.08 Å². The van der Waals surface area contributed by atoms with Crippen LogP contribution < -0.4 is 0 Å². The summed E-state index contributed by atoms with van der Waals surface area (Å²) in [6.07, 6.45) is -8.78. The molecule has 0 aromatic heterocycles. The second-order valence-corrected chi connectivity index (χ2v) is 5.81. The van der Waals surface area contributed by atoms with Crippen LogP contribution in [-0.2, 0) is 4.79 Å². The fourth-order valence-electron chi connectivity index (χ4n) is 2.52. The van der Waals surface area contributed by atoms with Crippen molar-refractivity contribution in [2.45, 2.75) is 54.7 Å². The molecule has 1 aliphatic heterocycles. The number of rotatable bonds is 6. The maximum Gasteiger partial charge on any atom is 0.460 e. The molecule has 0 bridgehead atoms. The van der Waals surface area contributed by atoms with E-state index in [9.17, 15) is 61.9 Å². The van der Waals surface area contributed by atoms with Gasteiger partial charge in [0.05, 0.1) is 0 Å². The van der Waals surface area contributed by atoms with Crippen LogP contribution in [0.2, 0.25) is 0 Å². The molecule has 1 fully saturated rings. The summed E-state index contributed by atoms with van der Waals surface area (Å²) in [7, 11) is 0. The van der Waals surface area contributed by atoms with Crippen molar-refractivity contribution in [3.8, 4) is 0 Å². The van der Waals surface area contributed by atoms with Crippen molar-refractivity contribution in [2.24, 2.45) is 0 Å². The van der Waals surface area contributed by atoms with E-state index in [1.54, 1.807) is 0 Å². The molecular weight excluding hydrogens is 433 g/mol. The van der Waals surface area contributed by atoms with Gasteiger partial charge in [0.1, 0.15) is 6.04 Å². The zero-order valence-corrected chi connectivity index (χ0v) is 13.3. The molecule has 0 aromatic carbocycles. The average molecular weight is 443 g/mol. The second kappa shape index (κ2) is 6.68. The van der Waals surface area contributed by atoms with Gasteiger partial charge in [0, 0.05) is 6.54 Å². The first kappa shape index (κ1) is 24.3. The van der Waals surface area contributed by atoms with Gasteiger partial charge in [-0.3, -0.25) is 4.79 Å². The molecule has 0 radical (unpaired) electrons. The Balaban J connectivity index is 3.49. The van der Waals surface area contributed by atoms with Crippen LogP contribution in [0, 0.1) is 0 Å². The lowest BCUT2D eigenvalue weighted by Gasteiger charge is -2.42. The SMILES string of the molecule is C=CC(=O)N1CCCC1C(F)(F)C(F)(F)C(F)(F)C(F)(F)C(F)(F)C(F)(F)F. The third-order valence-electron chi connectivity index (χ3n) is 4.09. The molecule has 164 valence electrons. The van der Waals surface area contributed by atoms with Crippen LogP contribution in [0.4, 0.5) is 57.1 Å². The molecule has 2 nitrogen and oxygen atoms in total. The van der Waals surface area contributed by atoms with Gasteiger partial charge in [0.25, 0.3) is 0 Å². The van der Waals surface area contributed by atoms with E-state index < -0.39 is 67.1 Å². The quantitative estimate of drug-likeness (QED) is 0.423. The van der Waals surface area contributed by atoms with Crippen LogP contribution in [-0.4, -0.2) is 59.2 Å². The van der Waals surface area contributed by atoms with Crippen LogP contribution in [0.3, 0.4) is 0 Å². The summed E-state index contributed by atoms with van der Waals surface area (Å²) in [5, 5.41) is 0. The first-order valence-electron chi connectivity index (χ1n) is 7.10. The lowest BCUT2D eigenvalue weighted by Crippen LogP contribution is -2.72. The number of hydrogen-bond donors (Lipinski definition) is 0. The molecule has 1 saturated heterocycles. The molecule has 0 aromatic rings. The standard InChI is InChI=1S/C13H10F13NO/c1-2-7(28)27-5-3-4-6(27)8(14,15)9(16,17)10(18,19)11(20,21)12(22,23)13(24,25)26/h2,6H,1,3-5H2. The van der Waals surface area contributed by atoms with Crippen molar-refractivity contribution >= 4 is 5.91 Å². The fraction of sp³-hybridized carbons (Fsp3) is 0.769. The minimum Gasteiger partial charge on any atom is -0.330 e. The number of hydrogen-bond acceptors (Lipinski definition) is 1. The summed E-state index contributed by atoms with van der Waals surface area (Å²) in [5.41, 5.74) is 0. The van der Waals surface area contributed by atoms with Crippen LogP contribution in [0.1, 0.15) is 12.8 Å². The Labute approximate surface area is 147 Å². The van der Waals surface area contributed by atoms with Gasteiger partial charge in [-0.25, -0.2) is 0 Å². The largest absolute Gasteiger partial charge is 0.460 e. The highest BCUT2D eigenvalue weighted by atomic mass is 19.4. The normalized spacial score (nSPS) is 20.5. The van der Waals surface area contributed by atoms with Gasteiger partial charge in [-0.2, -0.15) is 57.1 Å². The Kier molecular flexibility index (Phi) is 5.80. The van der Waals surface area contributed by atoms with Gasteiger partial charge >= 0.3 is 35.8 Å². The van der Waals surface area contributed by atoms with Crippen LogP contribution in [0.5, 0.6) is 0 Å². The molecule has 15 heteroatoms. The summed E-state index contributed by atoms with van der Waals surface area (Å²) in [4.78, 5) is 11.2. The van der Waals surface area contributed by atoms with Crippen molar-refractivity contribution in [2.75, 3.05) is 6.54 Å². The van der Waals surface area contributed by atoms with Gasteiger partial charge in [-0.05, 0) is 18.9 Å². The molecule has 1 rings (SSSR count). The molecule has 1 aliphatic rings. The number of alkyl halides is 13. The summed E-state index contributed by atoms with van der Waals surface area (Å²) in [5.74, 6) is -38.8. The predicted molar refractivity (Wildman–Crippen MR) is 65.7 cm³/mol. The fourth-order valence-corrected chi connectivity index (χ4v) is 2.52. The minimum absolute atomic E-state index is 0.142. The molecule has 0 spiro atoms. The molecule has 1 unspecified atom stereocenters. The zero-order valence-electron chi connectivity index (χ0n) is 13.3. The third kappa shape index (κ3) is 3.09. The van der Waals surface area contributed by atoms with E-state index in [4.69, 9.17) is 0 Å². The Morgan fingerprint density at radius 3 is 1.61 bits per heavy atom. The van der Waals surface area contributed by atoms with Gasteiger partial charge in [0.2, 0.25) is 5.91 Å². The number of amides is 1. The van der Waals surface area contributed by atoms with Crippen molar-refractivity contribution in [3.63, 3.8) is 0 Å². The average Bonchev–Trinajstić information content (AvgIpc) is 3.02. The van der Waals surface area contributed by atoms with E-state index in [1.165, 1.54) is 0 Å². The Morgan fingerprint density at radius 1 is 0.786 bits per heavy atom. The van der Waals surface area contributed by atoms with Gasteiger partial charge in [0.15, 0.2) is 0 Å². The number of carbonyl (C=O) groups is 1. The monoisotopic (exact) mass is 443 g/mol.